The molecule has 3 rings (SSSR count). The van der Waals surface area contributed by atoms with Gasteiger partial charge in [0.15, 0.2) is 16.5 Å². The molecule has 0 unspecified atom stereocenters. The Balaban J connectivity index is 1.91. The Morgan fingerprint density at radius 3 is 2.52 bits per heavy atom. The van der Waals surface area contributed by atoms with Crippen LogP contribution in [0.15, 0.2) is 34.8 Å². The zero-order valence-electron chi connectivity index (χ0n) is 15.3. The highest BCUT2D eigenvalue weighted by Crippen LogP contribution is 2.40. The second-order valence-electron chi connectivity index (χ2n) is 6.87. The van der Waals surface area contributed by atoms with E-state index in [0.29, 0.717) is 5.57 Å². The molecule has 0 radical (unpaired) electrons. The molecule has 0 atom stereocenters. The van der Waals surface area contributed by atoms with E-state index in [1.165, 1.54) is 19.3 Å². The number of anilines is 1. The Morgan fingerprint density at radius 2 is 1.89 bits per heavy atom. The summed E-state index contributed by atoms with van der Waals surface area (Å²) < 4.78 is 5.76. The first-order valence-corrected chi connectivity index (χ1v) is 9.59. The number of rotatable bonds is 3. The number of aromatic nitrogens is 1. The predicted octanol–water partition coefficient (Wildman–Crippen LogP) is 4.08. The van der Waals surface area contributed by atoms with Gasteiger partial charge >= 0.3 is 0 Å². The van der Waals surface area contributed by atoms with E-state index >= 15 is 0 Å². The number of hydrogen-bond donors (Lipinski definition) is 0. The van der Waals surface area contributed by atoms with E-state index < -0.39 is 5.60 Å². The number of nitrogens with zero attached hydrogens (tertiary/aromatic N) is 5. The number of allylic oxidation sites excluding steroid dienone is 2. The van der Waals surface area contributed by atoms with Crippen LogP contribution in [0, 0.1) is 34.0 Å². The van der Waals surface area contributed by atoms with Gasteiger partial charge in [-0.1, -0.05) is 17.4 Å². The molecular formula is C20H19N5OS. The van der Waals surface area contributed by atoms with Crippen LogP contribution in [0.2, 0.25) is 0 Å². The van der Waals surface area contributed by atoms with Gasteiger partial charge in [0.2, 0.25) is 0 Å². The van der Waals surface area contributed by atoms with Crippen LogP contribution in [0.25, 0.3) is 6.08 Å². The first-order chi connectivity index (χ1) is 13.0. The molecule has 27 heavy (non-hydrogen) atoms. The Bertz CT molecular complexity index is 940. The largest absolute Gasteiger partial charge is 0.480 e. The van der Waals surface area contributed by atoms with Crippen molar-refractivity contribution in [2.24, 2.45) is 0 Å². The van der Waals surface area contributed by atoms with Crippen LogP contribution < -0.4 is 4.90 Å². The van der Waals surface area contributed by atoms with Crippen molar-refractivity contribution in [3.8, 4) is 18.2 Å². The van der Waals surface area contributed by atoms with E-state index in [9.17, 15) is 5.26 Å². The standard InChI is InChI=1S/C20H19N5OS/c1-20(2)17(16(12-23)18(26-20)14(10-21)11-22)7-6-15-13-24-19(27-15)25-8-4-3-5-9-25/h6-7,13H,3-5,8-9H2,1-2H3/b7-6+. The SMILES string of the molecule is CC1(C)OC(=C(C#N)C#N)C(C#N)=C1/C=C/c1cnc(N2CCCCC2)s1. The molecule has 0 aromatic carbocycles. The second kappa shape index (κ2) is 7.66. The Hall–Kier alpha value is -3.08. The van der Waals surface area contributed by atoms with Gasteiger partial charge in [-0.3, -0.25) is 0 Å². The van der Waals surface area contributed by atoms with Gasteiger partial charge in [-0.15, -0.1) is 0 Å². The van der Waals surface area contributed by atoms with Gasteiger partial charge < -0.3 is 9.64 Å². The van der Waals surface area contributed by atoms with Crippen molar-refractivity contribution in [1.82, 2.24) is 4.98 Å². The molecule has 0 amide bonds. The molecule has 0 spiro atoms. The summed E-state index contributed by atoms with van der Waals surface area (Å²) in [6.45, 7) is 5.71. The number of hydrogen-bond acceptors (Lipinski definition) is 7. The first kappa shape index (κ1) is 18.7. The van der Waals surface area contributed by atoms with Crippen molar-refractivity contribution in [2.75, 3.05) is 18.0 Å². The van der Waals surface area contributed by atoms with E-state index in [0.717, 1.165) is 23.1 Å². The molecule has 1 aromatic heterocycles. The van der Waals surface area contributed by atoms with E-state index in [4.69, 9.17) is 15.3 Å². The lowest BCUT2D eigenvalue weighted by Crippen LogP contribution is -2.29. The van der Waals surface area contributed by atoms with Crippen molar-refractivity contribution in [1.29, 1.82) is 15.8 Å². The third-order valence-corrected chi connectivity index (χ3v) is 5.64. The molecule has 1 aromatic rings. The number of piperidine rings is 1. The van der Waals surface area contributed by atoms with Crippen molar-refractivity contribution >= 4 is 22.5 Å². The molecule has 6 nitrogen and oxygen atoms in total. The highest BCUT2D eigenvalue weighted by atomic mass is 32.1. The van der Waals surface area contributed by atoms with Crippen molar-refractivity contribution in [3.05, 3.63) is 39.6 Å². The topological polar surface area (TPSA) is 96.7 Å². The van der Waals surface area contributed by atoms with Gasteiger partial charge in [-0.05, 0) is 39.2 Å². The molecule has 0 saturated carbocycles. The van der Waals surface area contributed by atoms with Gasteiger partial charge in [-0.2, -0.15) is 15.8 Å². The average Bonchev–Trinajstić information content (AvgIpc) is 3.24. The summed E-state index contributed by atoms with van der Waals surface area (Å²) in [6.07, 6.45) is 9.23. The van der Waals surface area contributed by atoms with Gasteiger partial charge in [0, 0.05) is 29.7 Å². The zero-order valence-corrected chi connectivity index (χ0v) is 16.1. The smallest absolute Gasteiger partial charge is 0.185 e. The van der Waals surface area contributed by atoms with Crippen LogP contribution in [-0.4, -0.2) is 23.7 Å². The Labute approximate surface area is 162 Å². The van der Waals surface area contributed by atoms with Crippen molar-refractivity contribution in [2.45, 2.75) is 38.7 Å². The number of thiazole rings is 1. The number of ether oxygens (including phenoxy) is 1. The van der Waals surface area contributed by atoms with Gasteiger partial charge in [0.25, 0.3) is 0 Å². The molecular weight excluding hydrogens is 358 g/mol. The molecule has 1 fully saturated rings. The third kappa shape index (κ3) is 3.72. The first-order valence-electron chi connectivity index (χ1n) is 8.77. The normalized spacial score (nSPS) is 18.8. The van der Waals surface area contributed by atoms with Gasteiger partial charge in [0.1, 0.15) is 29.4 Å². The molecule has 1 saturated heterocycles. The Morgan fingerprint density at radius 1 is 1.19 bits per heavy atom. The minimum absolute atomic E-state index is 0.0606. The molecule has 0 N–H and O–H groups in total. The molecule has 0 bridgehead atoms. The molecule has 0 aliphatic carbocycles. The summed E-state index contributed by atoms with van der Waals surface area (Å²) >= 11 is 1.61. The fourth-order valence-electron chi connectivity index (χ4n) is 3.23. The van der Waals surface area contributed by atoms with Crippen LogP contribution in [-0.2, 0) is 4.74 Å². The lowest BCUT2D eigenvalue weighted by atomic mass is 9.94. The van der Waals surface area contributed by atoms with Crippen molar-refractivity contribution < 1.29 is 4.74 Å². The number of nitriles is 3. The highest BCUT2D eigenvalue weighted by molar-refractivity contribution is 7.16. The zero-order chi connectivity index (χ0) is 19.4. The monoisotopic (exact) mass is 377 g/mol. The fraction of sp³-hybridized carbons (Fsp3) is 0.400. The summed E-state index contributed by atoms with van der Waals surface area (Å²) in [5.74, 6) is 0.0606. The molecule has 2 aliphatic rings. The van der Waals surface area contributed by atoms with Gasteiger partial charge in [0.05, 0.1) is 0 Å². The van der Waals surface area contributed by atoms with E-state index in [1.54, 1.807) is 23.5 Å². The molecule has 7 heteroatoms. The van der Waals surface area contributed by atoms with E-state index in [1.807, 2.05) is 32.2 Å². The fourth-order valence-corrected chi connectivity index (χ4v) is 4.10. The summed E-state index contributed by atoms with van der Waals surface area (Å²) in [5.41, 5.74) is -0.102. The van der Waals surface area contributed by atoms with E-state index in [2.05, 4.69) is 16.0 Å². The van der Waals surface area contributed by atoms with Crippen LogP contribution in [0.5, 0.6) is 0 Å². The summed E-state index contributed by atoms with van der Waals surface area (Å²) in [6, 6.07) is 5.69. The summed E-state index contributed by atoms with van der Waals surface area (Å²) in [7, 11) is 0. The van der Waals surface area contributed by atoms with Crippen LogP contribution in [0.4, 0.5) is 5.13 Å². The maximum Gasteiger partial charge on any atom is 0.185 e. The third-order valence-electron chi connectivity index (χ3n) is 4.62. The highest BCUT2D eigenvalue weighted by Gasteiger charge is 2.38. The average molecular weight is 377 g/mol. The van der Waals surface area contributed by atoms with Gasteiger partial charge in [-0.25, -0.2) is 4.98 Å². The molecule has 2 aliphatic heterocycles. The Kier molecular flexibility index (Phi) is 5.31. The lowest BCUT2D eigenvalue weighted by Gasteiger charge is -2.25. The summed E-state index contributed by atoms with van der Waals surface area (Å²) in [4.78, 5) is 7.80. The minimum Gasteiger partial charge on any atom is -0.480 e. The van der Waals surface area contributed by atoms with Crippen LogP contribution in [0.3, 0.4) is 0 Å². The van der Waals surface area contributed by atoms with Crippen molar-refractivity contribution in [3.63, 3.8) is 0 Å². The second-order valence-corrected chi connectivity index (χ2v) is 7.91. The lowest BCUT2D eigenvalue weighted by molar-refractivity contribution is 0.0954. The molecule has 3 heterocycles. The summed E-state index contributed by atoms with van der Waals surface area (Å²) in [5, 5.41) is 28.8. The van der Waals surface area contributed by atoms with Crippen LogP contribution >= 0.6 is 11.3 Å². The maximum atomic E-state index is 9.56. The molecule has 136 valence electrons. The van der Waals surface area contributed by atoms with Crippen LogP contribution in [0.1, 0.15) is 38.0 Å². The predicted molar refractivity (Wildman–Crippen MR) is 103 cm³/mol. The maximum absolute atomic E-state index is 9.56. The quantitative estimate of drug-likeness (QED) is 0.736. The van der Waals surface area contributed by atoms with E-state index in [-0.39, 0.29) is 16.9 Å². The minimum atomic E-state index is -0.795.